The van der Waals surface area contributed by atoms with Gasteiger partial charge in [-0.2, -0.15) is 0 Å². The summed E-state index contributed by atoms with van der Waals surface area (Å²) in [4.78, 5) is 0. The summed E-state index contributed by atoms with van der Waals surface area (Å²) in [6.45, 7) is 2.05. The molecule has 2 aromatic rings. The van der Waals surface area contributed by atoms with Crippen LogP contribution in [0, 0.1) is 12.7 Å². The molecule has 1 atom stereocenters. The van der Waals surface area contributed by atoms with E-state index in [0.717, 1.165) is 6.42 Å². The van der Waals surface area contributed by atoms with Gasteiger partial charge < -0.3 is 5.32 Å². The smallest absolute Gasteiger partial charge is 0.146 e. The van der Waals surface area contributed by atoms with Gasteiger partial charge in [0.1, 0.15) is 5.82 Å². The molecule has 1 N–H and O–H groups in total. The first-order valence-corrected chi connectivity index (χ1v) is 6.66. The Bertz CT molecular complexity index is 551. The number of hydrogen-bond acceptors (Lipinski definition) is 1. The topological polar surface area (TPSA) is 12.0 Å². The molecule has 0 aliphatic heterocycles. The van der Waals surface area contributed by atoms with E-state index in [1.165, 1.54) is 11.1 Å². The molecule has 0 bridgehead atoms. The summed E-state index contributed by atoms with van der Waals surface area (Å²) >= 11 is 5.84. The van der Waals surface area contributed by atoms with Crippen molar-refractivity contribution in [1.29, 1.82) is 0 Å². The average Bonchev–Trinajstić information content (AvgIpc) is 2.42. The van der Waals surface area contributed by atoms with Gasteiger partial charge in [0, 0.05) is 11.6 Å². The molecule has 2 rings (SSSR count). The molecule has 0 spiro atoms. The summed E-state index contributed by atoms with van der Waals surface area (Å²) in [5.74, 6) is -0.337. The maximum atomic E-state index is 14.0. The standard InChI is InChI=1S/C16H17ClFN/c1-11-6-8-12(9-7-11)10-15(19-2)13-4-3-5-14(17)16(13)18/h3-9,15,19H,10H2,1-2H3. The Morgan fingerprint density at radius 2 is 1.84 bits per heavy atom. The average molecular weight is 278 g/mol. The molecule has 0 amide bonds. The van der Waals surface area contributed by atoms with Crippen LogP contribution < -0.4 is 5.32 Å². The van der Waals surface area contributed by atoms with Crippen LogP contribution in [0.4, 0.5) is 4.39 Å². The van der Waals surface area contributed by atoms with E-state index in [1.54, 1.807) is 18.2 Å². The normalized spacial score (nSPS) is 12.4. The third-order valence-electron chi connectivity index (χ3n) is 3.27. The number of benzene rings is 2. The molecule has 3 heteroatoms. The lowest BCUT2D eigenvalue weighted by molar-refractivity contribution is 0.534. The lowest BCUT2D eigenvalue weighted by atomic mass is 9.98. The van der Waals surface area contributed by atoms with Crippen molar-refractivity contribution >= 4 is 11.6 Å². The van der Waals surface area contributed by atoms with Crippen molar-refractivity contribution in [3.05, 3.63) is 70.0 Å². The van der Waals surface area contributed by atoms with Gasteiger partial charge in [0.25, 0.3) is 0 Å². The Hall–Kier alpha value is -1.38. The lowest BCUT2D eigenvalue weighted by Gasteiger charge is -2.18. The molecule has 0 fully saturated rings. The number of hydrogen-bond donors (Lipinski definition) is 1. The minimum Gasteiger partial charge on any atom is -0.313 e. The summed E-state index contributed by atoms with van der Waals surface area (Å²) < 4.78 is 14.0. The Morgan fingerprint density at radius 1 is 1.16 bits per heavy atom. The highest BCUT2D eigenvalue weighted by Gasteiger charge is 2.16. The zero-order valence-electron chi connectivity index (χ0n) is 11.1. The third-order valence-corrected chi connectivity index (χ3v) is 3.56. The molecular formula is C16H17ClFN. The molecule has 0 aromatic heterocycles. The number of rotatable bonds is 4. The van der Waals surface area contributed by atoms with E-state index in [2.05, 4.69) is 36.5 Å². The zero-order valence-corrected chi connectivity index (χ0v) is 11.8. The van der Waals surface area contributed by atoms with Crippen LogP contribution in [0.15, 0.2) is 42.5 Å². The Kier molecular flexibility index (Phi) is 4.56. The minimum absolute atomic E-state index is 0.0820. The van der Waals surface area contributed by atoms with Gasteiger partial charge >= 0.3 is 0 Å². The molecule has 19 heavy (non-hydrogen) atoms. The largest absolute Gasteiger partial charge is 0.313 e. The third kappa shape index (κ3) is 3.34. The summed E-state index contributed by atoms with van der Waals surface area (Å²) in [6.07, 6.45) is 0.730. The second kappa shape index (κ2) is 6.18. The first-order chi connectivity index (χ1) is 9.11. The van der Waals surface area contributed by atoms with Crippen molar-refractivity contribution in [3.8, 4) is 0 Å². The van der Waals surface area contributed by atoms with Crippen LogP contribution >= 0.6 is 11.6 Å². The maximum Gasteiger partial charge on any atom is 0.146 e. The van der Waals surface area contributed by atoms with Crippen LogP contribution in [0.1, 0.15) is 22.7 Å². The van der Waals surface area contributed by atoms with E-state index in [4.69, 9.17) is 11.6 Å². The van der Waals surface area contributed by atoms with Crippen LogP contribution in [-0.4, -0.2) is 7.05 Å². The monoisotopic (exact) mass is 277 g/mol. The fourth-order valence-electron chi connectivity index (χ4n) is 2.12. The van der Waals surface area contributed by atoms with Crippen molar-refractivity contribution in [3.63, 3.8) is 0 Å². The summed E-state index contributed by atoms with van der Waals surface area (Å²) in [5.41, 5.74) is 3.00. The van der Waals surface area contributed by atoms with Crippen LogP contribution in [-0.2, 0) is 6.42 Å². The van der Waals surface area contributed by atoms with Crippen molar-refractivity contribution in [2.24, 2.45) is 0 Å². The number of aryl methyl sites for hydroxylation is 1. The van der Waals surface area contributed by atoms with E-state index >= 15 is 0 Å². The van der Waals surface area contributed by atoms with Crippen LogP contribution in [0.25, 0.3) is 0 Å². The molecule has 0 aliphatic rings. The van der Waals surface area contributed by atoms with Crippen molar-refractivity contribution < 1.29 is 4.39 Å². The van der Waals surface area contributed by atoms with E-state index in [0.29, 0.717) is 5.56 Å². The molecule has 0 radical (unpaired) electrons. The van der Waals surface area contributed by atoms with Gasteiger partial charge in [-0.1, -0.05) is 53.6 Å². The number of nitrogens with one attached hydrogen (secondary N) is 1. The maximum absolute atomic E-state index is 14.0. The van der Waals surface area contributed by atoms with E-state index in [9.17, 15) is 4.39 Å². The Balaban J connectivity index is 2.25. The summed E-state index contributed by atoms with van der Waals surface area (Å²) in [6, 6.07) is 13.3. The molecule has 1 unspecified atom stereocenters. The Morgan fingerprint density at radius 3 is 2.47 bits per heavy atom. The fraction of sp³-hybridized carbons (Fsp3) is 0.250. The molecule has 1 nitrogen and oxygen atoms in total. The second-order valence-electron chi connectivity index (χ2n) is 4.67. The van der Waals surface area contributed by atoms with Crippen LogP contribution in [0.3, 0.4) is 0 Å². The van der Waals surface area contributed by atoms with Gasteiger partial charge in [-0.15, -0.1) is 0 Å². The molecule has 2 aromatic carbocycles. The number of likely N-dealkylation sites (N-methyl/N-ethyl adjacent to an activating group) is 1. The number of halogens is 2. The summed E-state index contributed by atoms with van der Waals surface area (Å²) in [7, 11) is 1.83. The van der Waals surface area contributed by atoms with Gasteiger partial charge in [0.05, 0.1) is 5.02 Å². The molecule has 0 saturated carbocycles. The van der Waals surface area contributed by atoms with E-state index in [-0.39, 0.29) is 16.9 Å². The second-order valence-corrected chi connectivity index (χ2v) is 5.08. The first kappa shape index (κ1) is 14.0. The predicted octanol–water partition coefficient (Wildman–Crippen LogP) is 4.29. The van der Waals surface area contributed by atoms with Gasteiger partial charge in [-0.05, 0) is 32.0 Å². The first-order valence-electron chi connectivity index (χ1n) is 6.28. The lowest BCUT2D eigenvalue weighted by Crippen LogP contribution is -2.20. The quantitative estimate of drug-likeness (QED) is 0.879. The molecule has 0 saturated heterocycles. The van der Waals surface area contributed by atoms with Gasteiger partial charge in [0.2, 0.25) is 0 Å². The van der Waals surface area contributed by atoms with E-state index < -0.39 is 0 Å². The molecule has 100 valence electrons. The van der Waals surface area contributed by atoms with Crippen LogP contribution in [0.2, 0.25) is 5.02 Å². The fourth-order valence-corrected chi connectivity index (χ4v) is 2.30. The molecule has 0 aliphatic carbocycles. The summed E-state index contributed by atoms with van der Waals surface area (Å²) in [5, 5.41) is 3.32. The van der Waals surface area contributed by atoms with E-state index in [1.807, 2.05) is 7.05 Å². The van der Waals surface area contributed by atoms with Gasteiger partial charge in [-0.3, -0.25) is 0 Å². The minimum atomic E-state index is -0.337. The van der Waals surface area contributed by atoms with Crippen molar-refractivity contribution in [1.82, 2.24) is 5.32 Å². The Labute approximate surface area is 118 Å². The molecule has 0 heterocycles. The highest BCUT2D eigenvalue weighted by atomic mass is 35.5. The zero-order chi connectivity index (χ0) is 13.8. The molecular weight excluding hydrogens is 261 g/mol. The highest BCUT2D eigenvalue weighted by Crippen LogP contribution is 2.25. The predicted molar refractivity (Wildman–Crippen MR) is 78.1 cm³/mol. The highest BCUT2D eigenvalue weighted by molar-refractivity contribution is 6.30. The SMILES string of the molecule is CNC(Cc1ccc(C)cc1)c1cccc(Cl)c1F. The van der Waals surface area contributed by atoms with Gasteiger partial charge in [0.15, 0.2) is 0 Å². The van der Waals surface area contributed by atoms with Gasteiger partial charge in [-0.25, -0.2) is 4.39 Å². The van der Waals surface area contributed by atoms with Crippen molar-refractivity contribution in [2.45, 2.75) is 19.4 Å². The van der Waals surface area contributed by atoms with Crippen LogP contribution in [0.5, 0.6) is 0 Å². The van der Waals surface area contributed by atoms with Crippen molar-refractivity contribution in [2.75, 3.05) is 7.05 Å².